The van der Waals surface area contributed by atoms with Crippen molar-refractivity contribution in [3.05, 3.63) is 283 Å². The predicted octanol–water partition coefficient (Wildman–Crippen LogP) is 19.8. The van der Waals surface area contributed by atoms with Gasteiger partial charge in [-0.05, 0) is 189 Å². The molecule has 0 saturated heterocycles. The average molecular weight is 1300 g/mol. The maximum atomic E-state index is 7.80. The Hall–Kier alpha value is -10.6. The summed E-state index contributed by atoms with van der Waals surface area (Å²) in [6.45, 7) is 18.9. The number of hydrogen-bond donors (Lipinski definition) is 0. The Morgan fingerprint density at radius 1 is 0.374 bits per heavy atom. The van der Waals surface area contributed by atoms with E-state index in [0.717, 1.165) is 128 Å². The number of ether oxygens (including phenoxy) is 1. The van der Waals surface area contributed by atoms with Crippen molar-refractivity contribution in [3.63, 3.8) is 0 Å². The van der Waals surface area contributed by atoms with E-state index in [-0.39, 0.29) is 35.1 Å². The first-order chi connectivity index (χ1) is 48.1. The van der Waals surface area contributed by atoms with Crippen LogP contribution in [0.25, 0.3) is 10.1 Å². The summed E-state index contributed by atoms with van der Waals surface area (Å²) in [5.74, 6) is 3.77. The van der Waals surface area contributed by atoms with Crippen LogP contribution in [0, 0.1) is 0 Å². The lowest BCUT2D eigenvalue weighted by molar-refractivity contribution is 0.332. The molecule has 480 valence electrons. The fourth-order valence-electron chi connectivity index (χ4n) is 17.5. The van der Waals surface area contributed by atoms with Crippen molar-refractivity contribution in [1.29, 1.82) is 0 Å². The molecule has 19 rings (SSSR count). The van der Waals surface area contributed by atoms with E-state index in [1.54, 1.807) is 0 Å². The molecule has 13 aromatic rings. The van der Waals surface area contributed by atoms with Gasteiger partial charge in [-0.25, -0.2) is 4.98 Å². The number of hydrogen-bond acceptors (Lipinski definition) is 9. The van der Waals surface area contributed by atoms with E-state index in [9.17, 15) is 0 Å². The van der Waals surface area contributed by atoms with Crippen LogP contribution in [0.5, 0.6) is 11.6 Å². The van der Waals surface area contributed by atoms with Gasteiger partial charge in [-0.15, -0.1) is 11.3 Å². The number of thiophene rings is 1. The van der Waals surface area contributed by atoms with Crippen LogP contribution >= 0.6 is 11.3 Å². The SMILES string of the molecule is CC1(C)CCC(C)(C)c2cc(N3c4ccccc4B4c5cc6c(cc5Oc5nc(N(c7ccccc7)c7ccccc7)cc3c54)N(c3ccccc3)c3nc(N(c4ccccc4)c4ccccc4)cc4c3B6c3sc5ccccc5c3N4c3ccc4c(c3)C(C)(C)CCC4(C)C)ccc21. The van der Waals surface area contributed by atoms with Crippen molar-refractivity contribution in [3.8, 4) is 11.6 Å². The highest BCUT2D eigenvalue weighted by atomic mass is 32.1. The minimum atomic E-state index is -0.269. The second-order valence-electron chi connectivity index (χ2n) is 30.6. The number of pyridine rings is 2. The molecule has 7 heterocycles. The Bertz CT molecular complexity index is 5350. The molecular weight excluding hydrogens is 1220 g/mol. The highest BCUT2D eigenvalue weighted by Crippen LogP contribution is 2.55. The molecule has 0 atom stereocenters. The van der Waals surface area contributed by atoms with Crippen LogP contribution in [0.1, 0.15) is 103 Å². The molecule has 0 amide bonds. The van der Waals surface area contributed by atoms with Gasteiger partial charge in [-0.3, -0.25) is 14.7 Å². The van der Waals surface area contributed by atoms with Crippen LogP contribution < -0.4 is 61.3 Å². The second kappa shape index (κ2) is 21.9. The lowest BCUT2D eigenvalue weighted by Crippen LogP contribution is -2.64. The van der Waals surface area contributed by atoms with Gasteiger partial charge in [0.15, 0.2) is 0 Å². The molecule has 0 bridgehead atoms. The summed E-state index contributed by atoms with van der Waals surface area (Å²) in [5, 5.41) is 1.23. The molecule has 0 spiro atoms. The van der Waals surface area contributed by atoms with Crippen LogP contribution in [-0.2, 0) is 21.7 Å². The zero-order valence-corrected chi connectivity index (χ0v) is 58.1. The van der Waals surface area contributed by atoms with Gasteiger partial charge in [0.25, 0.3) is 13.4 Å². The fourth-order valence-corrected chi connectivity index (χ4v) is 18.8. The Morgan fingerprint density at radius 2 is 0.848 bits per heavy atom. The van der Waals surface area contributed by atoms with Gasteiger partial charge in [0.1, 0.15) is 23.2 Å². The van der Waals surface area contributed by atoms with Gasteiger partial charge in [-0.2, -0.15) is 4.98 Å². The van der Waals surface area contributed by atoms with E-state index in [1.165, 1.54) is 53.7 Å². The molecule has 0 fully saturated rings. The smallest absolute Gasteiger partial charge is 0.266 e. The van der Waals surface area contributed by atoms with Crippen LogP contribution in [-0.4, -0.2) is 23.4 Å². The molecule has 3 aromatic heterocycles. The van der Waals surface area contributed by atoms with Gasteiger partial charge < -0.3 is 14.5 Å². The fraction of sp³-hybridized carbons (Fsp3) is 0.182. The first-order valence-corrected chi connectivity index (χ1v) is 36.0. The molecule has 0 N–H and O–H groups in total. The predicted molar refractivity (Wildman–Crippen MR) is 417 cm³/mol. The Labute approximate surface area is 585 Å². The minimum absolute atomic E-state index is 0.0223. The summed E-state index contributed by atoms with van der Waals surface area (Å²) in [6, 6.07) is 96.3. The molecule has 99 heavy (non-hydrogen) atoms. The van der Waals surface area contributed by atoms with Crippen molar-refractivity contribution < 1.29 is 4.74 Å². The number of benzene rings is 10. The van der Waals surface area contributed by atoms with Gasteiger partial charge >= 0.3 is 0 Å². The number of aromatic nitrogens is 2. The Morgan fingerprint density at radius 3 is 1.41 bits per heavy atom. The first-order valence-electron chi connectivity index (χ1n) is 35.2. The standard InChI is InChI=1S/C88H75B2N7OS/c1-85(2)46-48-87(5,6)66-50-61(42-44-64(66)85)95-71-40-26-25-39-68(71)89-70-52-69-72(53-75(70)98-84-80(89)74(95)55-78(92-84)94(58-32-18-11-19-33-58)59-34-20-12-21-35-59)97(60-36-22-13-23-37-60)83-79-73(54-77(91-83)93(56-28-14-9-15-29-56)57-30-16-10-17-31-57)96(81-63-38-24-27-41-76(63)99-82(81)90(69)79)62-43-45-65-67(51-62)88(7,8)49-47-86(65,3)4/h9-45,50-55H,46-49H2,1-8H3. The number of fused-ring (bicyclic) bond motifs is 12. The maximum Gasteiger partial charge on any atom is 0.266 e. The number of anilines is 15. The van der Waals surface area contributed by atoms with E-state index >= 15 is 0 Å². The molecule has 0 saturated carbocycles. The van der Waals surface area contributed by atoms with Crippen LogP contribution in [0.15, 0.2) is 261 Å². The molecule has 6 aliphatic rings. The van der Waals surface area contributed by atoms with E-state index < -0.39 is 0 Å². The van der Waals surface area contributed by atoms with E-state index in [2.05, 4.69) is 341 Å². The summed E-state index contributed by atoms with van der Waals surface area (Å²) in [4.78, 5) is 24.2. The summed E-state index contributed by atoms with van der Waals surface area (Å²) >= 11 is 1.92. The Balaban J connectivity index is 0.901. The van der Waals surface area contributed by atoms with Crippen LogP contribution in [0.3, 0.4) is 0 Å². The summed E-state index contributed by atoms with van der Waals surface area (Å²) < 4.78 is 10.3. The largest absolute Gasteiger partial charge is 0.440 e. The highest BCUT2D eigenvalue weighted by Gasteiger charge is 2.51. The lowest BCUT2D eigenvalue weighted by atomic mass is 9.32. The molecule has 11 heteroatoms. The molecular formula is C88H75B2N7OS. The Kier molecular flexibility index (Phi) is 13.2. The van der Waals surface area contributed by atoms with Crippen LogP contribution in [0.2, 0.25) is 0 Å². The molecule has 0 unspecified atom stereocenters. The van der Waals surface area contributed by atoms with Crippen molar-refractivity contribution >= 4 is 153 Å². The van der Waals surface area contributed by atoms with Crippen molar-refractivity contribution in [1.82, 2.24) is 9.97 Å². The van der Waals surface area contributed by atoms with E-state index in [1.807, 2.05) is 11.3 Å². The number of para-hydroxylation sites is 6. The average Bonchev–Trinajstić information content (AvgIpc) is 1.67. The van der Waals surface area contributed by atoms with E-state index in [4.69, 9.17) is 14.7 Å². The van der Waals surface area contributed by atoms with Crippen molar-refractivity contribution in [2.45, 2.75) is 103 Å². The number of nitrogens with zero attached hydrogens (tertiary/aromatic N) is 7. The third-order valence-corrected chi connectivity index (χ3v) is 24.0. The summed E-state index contributed by atoms with van der Waals surface area (Å²) in [6.07, 6.45) is 4.50. The second-order valence-corrected chi connectivity index (χ2v) is 31.7. The first kappa shape index (κ1) is 59.6. The third-order valence-electron chi connectivity index (χ3n) is 22.8. The summed E-state index contributed by atoms with van der Waals surface area (Å²) in [5.41, 5.74) is 24.2. The normalized spacial score (nSPS) is 16.4. The molecule has 10 aromatic carbocycles. The molecule has 2 aliphatic carbocycles. The maximum absolute atomic E-state index is 7.80. The van der Waals surface area contributed by atoms with E-state index in [0.29, 0.717) is 5.88 Å². The zero-order valence-electron chi connectivity index (χ0n) is 57.3. The molecule has 8 nitrogen and oxygen atoms in total. The molecule has 4 aliphatic heterocycles. The van der Waals surface area contributed by atoms with Crippen molar-refractivity contribution in [2.75, 3.05) is 24.5 Å². The number of rotatable bonds is 9. The quantitative estimate of drug-likeness (QED) is 0.133. The topological polar surface area (TPSA) is 51.2 Å². The van der Waals surface area contributed by atoms with Gasteiger partial charge in [-0.1, -0.05) is 201 Å². The molecule has 0 radical (unpaired) electrons. The third kappa shape index (κ3) is 9.18. The van der Waals surface area contributed by atoms with Crippen molar-refractivity contribution in [2.24, 2.45) is 0 Å². The van der Waals surface area contributed by atoms with Gasteiger partial charge in [0, 0.05) is 95.4 Å². The van der Waals surface area contributed by atoms with Gasteiger partial charge in [0.05, 0.1) is 11.4 Å². The highest BCUT2D eigenvalue weighted by molar-refractivity contribution is 7.33. The monoisotopic (exact) mass is 1300 g/mol. The van der Waals surface area contributed by atoms with Crippen LogP contribution in [0.4, 0.5) is 85.7 Å². The zero-order chi connectivity index (χ0) is 66.8. The lowest BCUT2D eigenvalue weighted by Gasteiger charge is -2.45. The summed E-state index contributed by atoms with van der Waals surface area (Å²) in [7, 11) is 0. The van der Waals surface area contributed by atoms with Gasteiger partial charge in [0.2, 0.25) is 5.88 Å². The minimum Gasteiger partial charge on any atom is -0.440 e.